The summed E-state index contributed by atoms with van der Waals surface area (Å²) in [6.45, 7) is 3.80. The molecule has 0 aromatic heterocycles. The molecule has 2 N–H and O–H groups in total. The molecule has 0 aliphatic heterocycles. The number of methoxy groups -OCH3 is 1. The minimum atomic E-state index is 0.0355. The molecule has 5 heteroatoms. The van der Waals surface area contributed by atoms with E-state index in [0.29, 0.717) is 26.1 Å². The molecule has 25 heavy (non-hydrogen) atoms. The molecule has 0 saturated carbocycles. The number of amides is 1. The molecular weight excluding hydrogens is 316 g/mol. The number of anilines is 1. The highest BCUT2D eigenvalue weighted by molar-refractivity contribution is 5.76. The first-order valence-electron chi connectivity index (χ1n) is 8.58. The Morgan fingerprint density at radius 1 is 1.04 bits per heavy atom. The first-order chi connectivity index (χ1) is 12.2. The SMILES string of the molecule is CCOc1ccc(NCCC(=O)NCCc2ccccc2OC)cc1. The molecule has 0 fully saturated rings. The van der Waals surface area contributed by atoms with Crippen LogP contribution in [0.2, 0.25) is 0 Å². The lowest BCUT2D eigenvalue weighted by Crippen LogP contribution is -2.27. The molecule has 2 rings (SSSR count). The fourth-order valence-electron chi connectivity index (χ4n) is 2.49. The van der Waals surface area contributed by atoms with E-state index in [1.165, 1.54) is 0 Å². The van der Waals surface area contributed by atoms with Gasteiger partial charge in [0.25, 0.3) is 0 Å². The van der Waals surface area contributed by atoms with Crippen LogP contribution < -0.4 is 20.1 Å². The van der Waals surface area contributed by atoms with Crippen molar-refractivity contribution in [3.8, 4) is 11.5 Å². The Morgan fingerprint density at radius 2 is 1.80 bits per heavy atom. The molecule has 1 amide bonds. The third-order valence-electron chi connectivity index (χ3n) is 3.76. The van der Waals surface area contributed by atoms with Gasteiger partial charge in [0.15, 0.2) is 0 Å². The number of benzene rings is 2. The lowest BCUT2D eigenvalue weighted by atomic mass is 10.1. The van der Waals surface area contributed by atoms with Crippen LogP contribution in [0.25, 0.3) is 0 Å². The Bertz CT molecular complexity index is 656. The van der Waals surface area contributed by atoms with Crippen molar-refractivity contribution in [2.45, 2.75) is 19.8 Å². The molecule has 2 aromatic carbocycles. The number of hydrogen-bond acceptors (Lipinski definition) is 4. The number of rotatable bonds is 10. The quantitative estimate of drug-likeness (QED) is 0.696. The van der Waals surface area contributed by atoms with Gasteiger partial charge in [-0.15, -0.1) is 0 Å². The first-order valence-corrected chi connectivity index (χ1v) is 8.58. The molecule has 0 heterocycles. The minimum Gasteiger partial charge on any atom is -0.496 e. The smallest absolute Gasteiger partial charge is 0.221 e. The van der Waals surface area contributed by atoms with Crippen LogP contribution in [0.1, 0.15) is 18.9 Å². The highest BCUT2D eigenvalue weighted by atomic mass is 16.5. The van der Waals surface area contributed by atoms with Crippen molar-refractivity contribution in [2.75, 3.05) is 32.1 Å². The average molecular weight is 342 g/mol. The summed E-state index contributed by atoms with van der Waals surface area (Å²) in [6, 6.07) is 15.6. The Labute approximate surface area is 149 Å². The van der Waals surface area contributed by atoms with Crippen molar-refractivity contribution in [2.24, 2.45) is 0 Å². The van der Waals surface area contributed by atoms with Gasteiger partial charge >= 0.3 is 0 Å². The predicted molar refractivity (Wildman–Crippen MR) is 100 cm³/mol. The summed E-state index contributed by atoms with van der Waals surface area (Å²) in [6.07, 6.45) is 1.18. The molecule has 0 saturated heterocycles. The van der Waals surface area contributed by atoms with Crippen LogP contribution in [-0.2, 0) is 11.2 Å². The zero-order valence-electron chi connectivity index (χ0n) is 14.9. The Morgan fingerprint density at radius 3 is 2.52 bits per heavy atom. The van der Waals surface area contributed by atoms with E-state index in [2.05, 4.69) is 10.6 Å². The summed E-state index contributed by atoms with van der Waals surface area (Å²) in [5.74, 6) is 1.74. The van der Waals surface area contributed by atoms with Crippen LogP contribution in [-0.4, -0.2) is 32.7 Å². The zero-order chi connectivity index (χ0) is 17.9. The number of hydrogen-bond donors (Lipinski definition) is 2. The lowest BCUT2D eigenvalue weighted by Gasteiger charge is -2.10. The molecule has 134 valence electrons. The molecule has 2 aromatic rings. The maximum Gasteiger partial charge on any atom is 0.221 e. The third kappa shape index (κ3) is 6.37. The molecule has 0 spiro atoms. The van der Waals surface area contributed by atoms with E-state index in [4.69, 9.17) is 9.47 Å². The van der Waals surface area contributed by atoms with Crippen LogP contribution in [0.5, 0.6) is 11.5 Å². The highest BCUT2D eigenvalue weighted by Gasteiger charge is 2.04. The standard InChI is InChI=1S/C20H26N2O3/c1-3-25-18-10-8-17(9-11-18)21-15-13-20(23)22-14-12-16-6-4-5-7-19(16)24-2/h4-11,21H,3,12-15H2,1-2H3,(H,22,23). The maximum atomic E-state index is 11.9. The monoisotopic (exact) mass is 342 g/mol. The maximum absolute atomic E-state index is 11.9. The van der Waals surface area contributed by atoms with Crippen molar-refractivity contribution in [1.82, 2.24) is 5.32 Å². The fourth-order valence-corrected chi connectivity index (χ4v) is 2.49. The fraction of sp³-hybridized carbons (Fsp3) is 0.350. The average Bonchev–Trinajstić information content (AvgIpc) is 2.64. The number of para-hydroxylation sites is 1. The second kappa shape index (κ2) is 10.2. The summed E-state index contributed by atoms with van der Waals surface area (Å²) >= 11 is 0. The van der Waals surface area contributed by atoms with Crippen molar-refractivity contribution < 1.29 is 14.3 Å². The summed E-state index contributed by atoms with van der Waals surface area (Å²) in [4.78, 5) is 11.9. The van der Waals surface area contributed by atoms with E-state index in [-0.39, 0.29) is 5.91 Å². The van der Waals surface area contributed by atoms with E-state index in [9.17, 15) is 4.79 Å². The van der Waals surface area contributed by atoms with Crippen LogP contribution in [0.4, 0.5) is 5.69 Å². The van der Waals surface area contributed by atoms with Gasteiger partial charge < -0.3 is 20.1 Å². The number of carbonyl (C=O) groups is 1. The second-order valence-electron chi connectivity index (χ2n) is 5.55. The van der Waals surface area contributed by atoms with Crippen molar-refractivity contribution in [1.29, 1.82) is 0 Å². The van der Waals surface area contributed by atoms with Crippen molar-refractivity contribution in [3.63, 3.8) is 0 Å². The van der Waals surface area contributed by atoms with Gasteiger partial charge in [0.1, 0.15) is 11.5 Å². The van der Waals surface area contributed by atoms with E-state index in [1.807, 2.05) is 55.5 Å². The third-order valence-corrected chi connectivity index (χ3v) is 3.76. The van der Waals surface area contributed by atoms with Gasteiger partial charge in [0.05, 0.1) is 13.7 Å². The van der Waals surface area contributed by atoms with Gasteiger partial charge in [0, 0.05) is 25.2 Å². The molecule has 5 nitrogen and oxygen atoms in total. The normalized spacial score (nSPS) is 10.2. The van der Waals surface area contributed by atoms with Crippen LogP contribution in [0, 0.1) is 0 Å². The van der Waals surface area contributed by atoms with Crippen LogP contribution in [0.3, 0.4) is 0 Å². The van der Waals surface area contributed by atoms with Gasteiger partial charge in [-0.1, -0.05) is 18.2 Å². The molecule has 0 bridgehead atoms. The molecule has 0 radical (unpaired) electrons. The van der Waals surface area contributed by atoms with E-state index >= 15 is 0 Å². The summed E-state index contributed by atoms with van der Waals surface area (Å²) < 4.78 is 10.7. The number of ether oxygens (including phenoxy) is 2. The predicted octanol–water partition coefficient (Wildman–Crippen LogP) is 3.25. The van der Waals surface area contributed by atoms with Crippen LogP contribution >= 0.6 is 0 Å². The second-order valence-corrected chi connectivity index (χ2v) is 5.55. The number of nitrogens with one attached hydrogen (secondary N) is 2. The van der Waals surface area contributed by atoms with E-state index in [1.54, 1.807) is 7.11 Å². The van der Waals surface area contributed by atoms with Gasteiger partial charge in [0.2, 0.25) is 5.91 Å². The van der Waals surface area contributed by atoms with Gasteiger partial charge in [-0.2, -0.15) is 0 Å². The van der Waals surface area contributed by atoms with E-state index < -0.39 is 0 Å². The van der Waals surface area contributed by atoms with Gasteiger partial charge in [-0.05, 0) is 49.2 Å². The molecule has 0 unspecified atom stereocenters. The Hall–Kier alpha value is -2.69. The lowest BCUT2D eigenvalue weighted by molar-refractivity contribution is -0.120. The summed E-state index contributed by atoms with van der Waals surface area (Å²) in [7, 11) is 1.66. The van der Waals surface area contributed by atoms with Gasteiger partial charge in [-0.3, -0.25) is 4.79 Å². The topological polar surface area (TPSA) is 59.6 Å². The minimum absolute atomic E-state index is 0.0355. The summed E-state index contributed by atoms with van der Waals surface area (Å²) in [5.41, 5.74) is 2.07. The molecule has 0 aliphatic rings. The summed E-state index contributed by atoms with van der Waals surface area (Å²) in [5, 5.41) is 6.17. The van der Waals surface area contributed by atoms with E-state index in [0.717, 1.165) is 29.2 Å². The molecule has 0 atom stereocenters. The highest BCUT2D eigenvalue weighted by Crippen LogP contribution is 2.17. The Balaban J connectivity index is 1.65. The zero-order valence-corrected chi connectivity index (χ0v) is 14.9. The Kier molecular flexibility index (Phi) is 7.63. The largest absolute Gasteiger partial charge is 0.496 e. The van der Waals surface area contributed by atoms with Crippen molar-refractivity contribution in [3.05, 3.63) is 54.1 Å². The molecular formula is C20H26N2O3. The van der Waals surface area contributed by atoms with Crippen LogP contribution in [0.15, 0.2) is 48.5 Å². The van der Waals surface area contributed by atoms with Gasteiger partial charge in [-0.25, -0.2) is 0 Å². The molecule has 0 aliphatic carbocycles. The first kappa shape index (κ1) is 18.6. The van der Waals surface area contributed by atoms with Crippen molar-refractivity contribution >= 4 is 11.6 Å². The number of carbonyl (C=O) groups excluding carboxylic acids is 1.